The van der Waals surface area contributed by atoms with Gasteiger partial charge in [-0.2, -0.15) is 0 Å². The van der Waals surface area contributed by atoms with E-state index in [-0.39, 0.29) is 0 Å². The number of hydrogen-bond acceptors (Lipinski definition) is 0. The molecular formula is C16H33P2+. The summed E-state index contributed by atoms with van der Waals surface area (Å²) in [7, 11) is 2.19. The van der Waals surface area contributed by atoms with Crippen LogP contribution >= 0.6 is 16.5 Å². The Hall–Kier alpha value is 0.860. The Morgan fingerprint density at radius 1 is 0.556 bits per heavy atom. The Morgan fingerprint density at radius 3 is 1.56 bits per heavy atom. The fourth-order valence-corrected chi connectivity index (χ4v) is 9.27. The van der Waals surface area contributed by atoms with Gasteiger partial charge in [0.25, 0.3) is 0 Å². The lowest BCUT2D eigenvalue weighted by atomic mass is 10.0. The number of hydrogen-bond donors (Lipinski definition) is 0. The summed E-state index contributed by atoms with van der Waals surface area (Å²) in [6, 6.07) is 0. The maximum atomic E-state index is 1.59. The van der Waals surface area contributed by atoms with E-state index in [0.29, 0.717) is 0 Å². The van der Waals surface area contributed by atoms with Crippen LogP contribution in [-0.4, -0.2) is 11.3 Å². The minimum Gasteiger partial charge on any atom is -0.0533 e. The molecular weight excluding hydrogens is 254 g/mol. The van der Waals surface area contributed by atoms with Crippen LogP contribution in [0, 0.1) is 0 Å². The van der Waals surface area contributed by atoms with Crippen LogP contribution in [0.1, 0.15) is 89.9 Å². The second-order valence-corrected chi connectivity index (χ2v) is 10.9. The molecule has 0 radical (unpaired) electrons. The zero-order valence-corrected chi connectivity index (χ0v) is 14.3. The van der Waals surface area contributed by atoms with Gasteiger partial charge in [0.1, 0.15) is 0 Å². The predicted molar refractivity (Wildman–Crippen MR) is 90.2 cm³/mol. The molecule has 0 bridgehead atoms. The van der Waals surface area contributed by atoms with Crippen molar-refractivity contribution in [3.05, 3.63) is 0 Å². The van der Waals surface area contributed by atoms with E-state index < -0.39 is 0 Å². The maximum absolute atomic E-state index is 1.59. The Kier molecular flexibility index (Phi) is 8.23. The van der Waals surface area contributed by atoms with Crippen molar-refractivity contribution in [3.63, 3.8) is 0 Å². The molecule has 0 amide bonds. The highest BCUT2D eigenvalue weighted by Crippen LogP contribution is 2.51. The highest BCUT2D eigenvalue weighted by atomic mass is 32.0. The third-order valence-corrected chi connectivity index (χ3v) is 10.6. The average Bonchev–Trinajstić information content (AvgIpc) is 2.29. The largest absolute Gasteiger partial charge is 0.0672 e. The summed E-state index contributed by atoms with van der Waals surface area (Å²) in [5.74, 6) is 0. The summed E-state index contributed by atoms with van der Waals surface area (Å²) in [5, 5.41) is 0. The Balaban J connectivity index is 1.64. The Bertz CT molecular complexity index is 167. The molecule has 0 N–H and O–H groups in total. The van der Waals surface area contributed by atoms with Gasteiger partial charge in [-0.1, -0.05) is 51.4 Å². The van der Waals surface area contributed by atoms with Crippen LogP contribution in [0.15, 0.2) is 0 Å². The van der Waals surface area contributed by atoms with E-state index in [1.807, 2.05) is 0 Å². The van der Waals surface area contributed by atoms with Crippen molar-refractivity contribution in [1.82, 2.24) is 0 Å². The van der Waals surface area contributed by atoms with E-state index in [4.69, 9.17) is 0 Å². The molecule has 2 atom stereocenters. The average molecular weight is 287 g/mol. The molecule has 2 aliphatic carbocycles. The fourth-order valence-electron chi connectivity index (χ4n) is 3.55. The molecule has 2 aliphatic rings. The summed E-state index contributed by atoms with van der Waals surface area (Å²) >= 11 is 0. The fraction of sp³-hybridized carbons (Fsp3) is 1.00. The zero-order chi connectivity index (χ0) is 12.5. The smallest absolute Gasteiger partial charge is 0.0533 e. The SMILES string of the molecule is C1CCCC(P[PH2+]C2CCCCCCC2)CCC1. The molecule has 0 aliphatic heterocycles. The van der Waals surface area contributed by atoms with E-state index in [2.05, 4.69) is 0 Å². The molecule has 0 aromatic heterocycles. The summed E-state index contributed by atoms with van der Waals surface area (Å²) in [4.78, 5) is 0. The van der Waals surface area contributed by atoms with Gasteiger partial charge in [0, 0.05) is 22.2 Å². The lowest BCUT2D eigenvalue weighted by Crippen LogP contribution is -2.06. The Morgan fingerprint density at radius 2 is 1.00 bits per heavy atom. The first-order chi connectivity index (χ1) is 8.95. The highest BCUT2D eigenvalue weighted by Gasteiger charge is 2.20. The van der Waals surface area contributed by atoms with Crippen LogP contribution < -0.4 is 0 Å². The minimum absolute atomic E-state index is 0.806. The van der Waals surface area contributed by atoms with E-state index in [1.54, 1.807) is 51.4 Å². The third-order valence-electron chi connectivity index (χ3n) is 4.82. The topological polar surface area (TPSA) is 0 Å². The van der Waals surface area contributed by atoms with Gasteiger partial charge in [-0.15, -0.1) is 0 Å². The third kappa shape index (κ3) is 6.34. The van der Waals surface area contributed by atoms with E-state index in [9.17, 15) is 0 Å². The molecule has 2 saturated carbocycles. The van der Waals surface area contributed by atoms with E-state index in [1.165, 1.54) is 52.5 Å². The predicted octanol–water partition coefficient (Wildman–Crippen LogP) is 6.22. The van der Waals surface area contributed by atoms with Gasteiger partial charge in [-0.25, -0.2) is 0 Å². The van der Waals surface area contributed by atoms with Gasteiger partial charge in [0.05, 0.1) is 5.66 Å². The molecule has 0 aromatic carbocycles. The van der Waals surface area contributed by atoms with Crippen LogP contribution in [-0.2, 0) is 0 Å². The molecule has 2 fully saturated rings. The van der Waals surface area contributed by atoms with Gasteiger partial charge < -0.3 is 0 Å². The van der Waals surface area contributed by atoms with Crippen molar-refractivity contribution in [2.75, 3.05) is 0 Å². The van der Waals surface area contributed by atoms with Crippen LogP contribution in [0.5, 0.6) is 0 Å². The van der Waals surface area contributed by atoms with Crippen LogP contribution in [0.25, 0.3) is 0 Å². The summed E-state index contributed by atoms with van der Waals surface area (Å²) < 4.78 is 0. The van der Waals surface area contributed by atoms with Gasteiger partial charge >= 0.3 is 0 Å². The van der Waals surface area contributed by atoms with Crippen molar-refractivity contribution in [2.24, 2.45) is 0 Å². The van der Waals surface area contributed by atoms with Crippen LogP contribution in [0.4, 0.5) is 0 Å². The standard InChI is InChI=1S/C16H32P2/c1-3-7-11-15(12-8-4-1)17-18-16-13-9-5-2-6-10-14-16/h15-18H,1-14H2/p+1. The summed E-state index contributed by atoms with van der Waals surface area (Å²) in [6.45, 7) is 0. The highest BCUT2D eigenvalue weighted by molar-refractivity contribution is 8.12. The van der Waals surface area contributed by atoms with Crippen molar-refractivity contribution in [1.29, 1.82) is 0 Å². The van der Waals surface area contributed by atoms with Crippen molar-refractivity contribution >= 4 is 16.5 Å². The molecule has 0 saturated heterocycles. The molecule has 0 nitrogen and oxygen atoms in total. The maximum Gasteiger partial charge on any atom is 0.0672 e. The lowest BCUT2D eigenvalue weighted by Gasteiger charge is -2.20. The van der Waals surface area contributed by atoms with Crippen LogP contribution in [0.3, 0.4) is 0 Å². The molecule has 2 rings (SSSR count). The summed E-state index contributed by atoms with van der Waals surface area (Å²) in [6.07, 6.45) is 21.7. The second-order valence-electron chi connectivity index (χ2n) is 6.48. The monoisotopic (exact) mass is 287 g/mol. The first-order valence-electron chi connectivity index (χ1n) is 8.54. The van der Waals surface area contributed by atoms with Crippen molar-refractivity contribution in [2.45, 2.75) is 101 Å². The van der Waals surface area contributed by atoms with Gasteiger partial charge in [-0.3, -0.25) is 0 Å². The van der Waals surface area contributed by atoms with Gasteiger partial charge in [-0.05, 0) is 38.5 Å². The van der Waals surface area contributed by atoms with Crippen molar-refractivity contribution in [3.8, 4) is 0 Å². The molecule has 2 unspecified atom stereocenters. The van der Waals surface area contributed by atoms with E-state index in [0.717, 1.165) is 13.9 Å². The van der Waals surface area contributed by atoms with Gasteiger partial charge in [0.15, 0.2) is 0 Å². The van der Waals surface area contributed by atoms with Crippen molar-refractivity contribution < 1.29 is 0 Å². The minimum atomic E-state index is 0.806. The van der Waals surface area contributed by atoms with Crippen LogP contribution in [0.2, 0.25) is 0 Å². The second kappa shape index (κ2) is 9.72. The normalized spacial score (nSPS) is 27.3. The quantitative estimate of drug-likeness (QED) is 0.541. The first-order valence-corrected chi connectivity index (χ1v) is 12.1. The number of rotatable bonds is 3. The lowest BCUT2D eigenvalue weighted by molar-refractivity contribution is 0.509. The molecule has 18 heavy (non-hydrogen) atoms. The van der Waals surface area contributed by atoms with E-state index >= 15 is 0 Å². The Labute approximate surface area is 118 Å². The van der Waals surface area contributed by atoms with Gasteiger partial charge in [0.2, 0.25) is 0 Å². The first kappa shape index (κ1) is 15.3. The molecule has 0 aromatic rings. The molecule has 2 heteroatoms. The molecule has 106 valence electrons. The molecule has 0 heterocycles. The molecule has 0 spiro atoms. The zero-order valence-electron chi connectivity index (χ0n) is 12.1. The summed E-state index contributed by atoms with van der Waals surface area (Å²) in [5.41, 5.74) is 2.35.